The number of hydrogen-bond acceptors (Lipinski definition) is 2. The van der Waals surface area contributed by atoms with Gasteiger partial charge in [-0.2, -0.15) is 0 Å². The molecule has 0 spiro atoms. The van der Waals surface area contributed by atoms with Crippen LogP contribution in [0.1, 0.15) is 91.4 Å². The topological polar surface area (TPSA) is 26.3 Å². The summed E-state index contributed by atoms with van der Waals surface area (Å²) in [5, 5.41) is 0. The molecular weight excluding hydrogens is 236 g/mol. The van der Waals surface area contributed by atoms with Crippen molar-refractivity contribution in [2.24, 2.45) is 5.92 Å². The van der Waals surface area contributed by atoms with E-state index < -0.39 is 0 Å². The first kappa shape index (κ1) is 18.5. The maximum atomic E-state index is 11.6. The van der Waals surface area contributed by atoms with Gasteiger partial charge in [0.15, 0.2) is 0 Å². The quantitative estimate of drug-likeness (QED) is 0.326. The van der Waals surface area contributed by atoms with Crippen LogP contribution >= 0.6 is 0 Å². The van der Waals surface area contributed by atoms with Crippen LogP contribution in [-0.2, 0) is 9.53 Å². The van der Waals surface area contributed by atoms with Gasteiger partial charge in [0.1, 0.15) is 0 Å². The summed E-state index contributed by atoms with van der Waals surface area (Å²) in [4.78, 5) is 11.6. The molecule has 0 aliphatic rings. The van der Waals surface area contributed by atoms with Gasteiger partial charge in [-0.1, -0.05) is 65.7 Å². The van der Waals surface area contributed by atoms with Gasteiger partial charge >= 0.3 is 5.97 Å². The molecule has 0 aliphatic carbocycles. The summed E-state index contributed by atoms with van der Waals surface area (Å²) < 4.78 is 5.43. The van der Waals surface area contributed by atoms with E-state index in [1.165, 1.54) is 51.4 Å². The molecule has 0 fully saturated rings. The fourth-order valence-corrected chi connectivity index (χ4v) is 2.38. The molecule has 0 radical (unpaired) electrons. The third-order valence-electron chi connectivity index (χ3n) is 3.63. The summed E-state index contributed by atoms with van der Waals surface area (Å²) in [6.45, 7) is 7.26. The summed E-state index contributed by atoms with van der Waals surface area (Å²) in [6.07, 6.45) is 12.6. The zero-order valence-corrected chi connectivity index (χ0v) is 13.4. The molecule has 0 N–H and O–H groups in total. The number of esters is 1. The predicted octanol–water partition coefficient (Wildman–Crippen LogP) is 5.50. The van der Waals surface area contributed by atoms with Gasteiger partial charge in [-0.15, -0.1) is 0 Å². The van der Waals surface area contributed by atoms with Crippen molar-refractivity contribution in [1.82, 2.24) is 0 Å². The molecule has 0 bridgehead atoms. The second kappa shape index (κ2) is 13.9. The first-order chi connectivity index (χ1) is 9.24. The normalized spacial score (nSPS) is 12.4. The summed E-state index contributed by atoms with van der Waals surface area (Å²) in [5.41, 5.74) is 0. The number of carbonyl (C=O) groups is 1. The third kappa shape index (κ3) is 12.3. The van der Waals surface area contributed by atoms with Crippen molar-refractivity contribution in [2.75, 3.05) is 6.61 Å². The Morgan fingerprint density at radius 2 is 1.53 bits per heavy atom. The van der Waals surface area contributed by atoms with Crippen LogP contribution in [0.15, 0.2) is 0 Å². The van der Waals surface area contributed by atoms with Gasteiger partial charge in [0.25, 0.3) is 0 Å². The van der Waals surface area contributed by atoms with Crippen molar-refractivity contribution >= 4 is 5.97 Å². The summed E-state index contributed by atoms with van der Waals surface area (Å²) in [6, 6.07) is 0. The molecule has 1 unspecified atom stereocenters. The molecule has 0 aromatic carbocycles. The highest BCUT2D eigenvalue weighted by atomic mass is 16.5. The maximum Gasteiger partial charge on any atom is 0.305 e. The molecule has 2 heteroatoms. The Kier molecular flexibility index (Phi) is 13.5. The number of ether oxygens (including phenoxy) is 1. The predicted molar refractivity (Wildman–Crippen MR) is 82.3 cm³/mol. The average molecular weight is 270 g/mol. The van der Waals surface area contributed by atoms with Crippen molar-refractivity contribution in [3.05, 3.63) is 0 Å². The standard InChI is InChI=1S/C17H34O2/c1-4-7-9-11-14-17(18)19-15-16(12-6-3)13-10-8-5-2/h16H,4-15H2,1-3H3. The van der Waals surface area contributed by atoms with E-state index in [0.29, 0.717) is 18.9 Å². The maximum absolute atomic E-state index is 11.6. The third-order valence-corrected chi connectivity index (χ3v) is 3.63. The Morgan fingerprint density at radius 1 is 0.842 bits per heavy atom. The second-order valence-corrected chi connectivity index (χ2v) is 5.64. The number of hydrogen-bond donors (Lipinski definition) is 0. The molecular formula is C17H34O2. The lowest BCUT2D eigenvalue weighted by molar-refractivity contribution is -0.145. The largest absolute Gasteiger partial charge is 0.465 e. The Hall–Kier alpha value is -0.530. The molecule has 0 saturated heterocycles. The monoisotopic (exact) mass is 270 g/mol. The Bertz CT molecular complexity index is 201. The zero-order valence-electron chi connectivity index (χ0n) is 13.4. The van der Waals surface area contributed by atoms with E-state index in [-0.39, 0.29) is 5.97 Å². The highest BCUT2D eigenvalue weighted by Crippen LogP contribution is 2.16. The van der Waals surface area contributed by atoms with Crippen LogP contribution in [0.3, 0.4) is 0 Å². The van der Waals surface area contributed by atoms with Gasteiger partial charge in [-0.05, 0) is 25.2 Å². The van der Waals surface area contributed by atoms with Gasteiger partial charge in [-0.25, -0.2) is 0 Å². The SMILES string of the molecule is CCCCCCC(=O)OCC(CCC)CCCCC. The average Bonchev–Trinajstić information content (AvgIpc) is 2.41. The van der Waals surface area contributed by atoms with E-state index in [4.69, 9.17) is 4.74 Å². The summed E-state index contributed by atoms with van der Waals surface area (Å²) >= 11 is 0. The number of unbranched alkanes of at least 4 members (excludes halogenated alkanes) is 5. The lowest BCUT2D eigenvalue weighted by atomic mass is 9.97. The van der Waals surface area contributed by atoms with Gasteiger partial charge in [0, 0.05) is 6.42 Å². The van der Waals surface area contributed by atoms with Crippen LogP contribution in [0.5, 0.6) is 0 Å². The number of rotatable bonds is 13. The van der Waals surface area contributed by atoms with E-state index in [0.717, 1.165) is 12.8 Å². The summed E-state index contributed by atoms with van der Waals surface area (Å²) in [7, 11) is 0. The minimum absolute atomic E-state index is 0.00713. The lowest BCUT2D eigenvalue weighted by Gasteiger charge is -2.16. The lowest BCUT2D eigenvalue weighted by Crippen LogP contribution is -2.14. The van der Waals surface area contributed by atoms with Crippen molar-refractivity contribution < 1.29 is 9.53 Å². The molecule has 0 aromatic rings. The Morgan fingerprint density at radius 3 is 2.16 bits per heavy atom. The fourth-order valence-electron chi connectivity index (χ4n) is 2.38. The van der Waals surface area contributed by atoms with Crippen molar-refractivity contribution in [3.63, 3.8) is 0 Å². The van der Waals surface area contributed by atoms with Crippen LogP contribution < -0.4 is 0 Å². The molecule has 2 nitrogen and oxygen atoms in total. The molecule has 0 saturated carbocycles. The highest BCUT2D eigenvalue weighted by molar-refractivity contribution is 5.69. The fraction of sp³-hybridized carbons (Fsp3) is 0.941. The molecule has 19 heavy (non-hydrogen) atoms. The Balaban J connectivity index is 3.67. The van der Waals surface area contributed by atoms with Gasteiger partial charge in [0.05, 0.1) is 6.61 Å². The van der Waals surface area contributed by atoms with Crippen LogP contribution in [0.25, 0.3) is 0 Å². The van der Waals surface area contributed by atoms with Crippen LogP contribution in [0.4, 0.5) is 0 Å². The first-order valence-electron chi connectivity index (χ1n) is 8.40. The zero-order chi connectivity index (χ0) is 14.3. The van der Waals surface area contributed by atoms with Gasteiger partial charge < -0.3 is 4.74 Å². The molecule has 1 atom stereocenters. The van der Waals surface area contributed by atoms with Crippen LogP contribution in [0, 0.1) is 5.92 Å². The van der Waals surface area contributed by atoms with E-state index in [9.17, 15) is 4.79 Å². The molecule has 0 amide bonds. The van der Waals surface area contributed by atoms with Crippen molar-refractivity contribution in [1.29, 1.82) is 0 Å². The van der Waals surface area contributed by atoms with Gasteiger partial charge in [0.2, 0.25) is 0 Å². The highest BCUT2D eigenvalue weighted by Gasteiger charge is 2.11. The minimum Gasteiger partial charge on any atom is -0.465 e. The van der Waals surface area contributed by atoms with Crippen molar-refractivity contribution in [2.45, 2.75) is 91.4 Å². The molecule has 114 valence electrons. The smallest absolute Gasteiger partial charge is 0.305 e. The minimum atomic E-state index is 0.00713. The van der Waals surface area contributed by atoms with Crippen LogP contribution in [0.2, 0.25) is 0 Å². The van der Waals surface area contributed by atoms with E-state index in [1.54, 1.807) is 0 Å². The first-order valence-corrected chi connectivity index (χ1v) is 8.40. The van der Waals surface area contributed by atoms with Gasteiger partial charge in [-0.3, -0.25) is 4.79 Å². The van der Waals surface area contributed by atoms with Crippen LogP contribution in [-0.4, -0.2) is 12.6 Å². The molecule has 0 aromatic heterocycles. The van der Waals surface area contributed by atoms with E-state index >= 15 is 0 Å². The molecule has 0 aliphatic heterocycles. The summed E-state index contributed by atoms with van der Waals surface area (Å²) in [5.74, 6) is 0.587. The molecule has 0 rings (SSSR count). The number of carbonyl (C=O) groups excluding carboxylic acids is 1. The second-order valence-electron chi connectivity index (χ2n) is 5.64. The van der Waals surface area contributed by atoms with Crippen molar-refractivity contribution in [3.8, 4) is 0 Å². The molecule has 0 heterocycles. The van der Waals surface area contributed by atoms with E-state index in [2.05, 4.69) is 20.8 Å². The Labute approximate surface area is 120 Å². The van der Waals surface area contributed by atoms with E-state index in [1.807, 2.05) is 0 Å².